The normalized spacial score (nSPS) is 15.2. The van der Waals surface area contributed by atoms with Crippen LogP contribution in [0.4, 0.5) is 11.4 Å². The minimum Gasteiger partial charge on any atom is -0.371 e. The largest absolute Gasteiger partial charge is 0.371 e. The van der Waals surface area contributed by atoms with Gasteiger partial charge in [-0.3, -0.25) is 14.5 Å². The number of para-hydroxylation sites is 1. The molecule has 1 heterocycles. The molecule has 0 unspecified atom stereocenters. The van der Waals surface area contributed by atoms with Gasteiger partial charge in [-0.25, -0.2) is 0 Å². The number of nitrogens with zero attached hydrogens (tertiary/aromatic N) is 2. The van der Waals surface area contributed by atoms with Crippen LogP contribution in [0, 0.1) is 0 Å². The summed E-state index contributed by atoms with van der Waals surface area (Å²) in [7, 11) is 1.98. The molecule has 1 fully saturated rings. The highest BCUT2D eigenvalue weighted by Gasteiger charge is 2.21. The van der Waals surface area contributed by atoms with Gasteiger partial charge in [0.15, 0.2) is 5.78 Å². The summed E-state index contributed by atoms with van der Waals surface area (Å²) in [6, 6.07) is 15.2. The van der Waals surface area contributed by atoms with Gasteiger partial charge >= 0.3 is 0 Å². The van der Waals surface area contributed by atoms with Crippen molar-refractivity contribution in [1.82, 2.24) is 4.90 Å². The number of piperidine rings is 1. The fourth-order valence-electron chi connectivity index (χ4n) is 3.73. The van der Waals surface area contributed by atoms with E-state index in [4.69, 9.17) is 0 Å². The molecule has 0 spiro atoms. The molecule has 1 aliphatic heterocycles. The molecule has 5 nitrogen and oxygen atoms in total. The number of anilines is 2. The Kier molecular flexibility index (Phi) is 7.04. The lowest BCUT2D eigenvalue weighted by molar-refractivity contribution is -0.120. The Morgan fingerprint density at radius 2 is 1.69 bits per heavy atom. The van der Waals surface area contributed by atoms with Gasteiger partial charge in [-0.1, -0.05) is 18.2 Å². The summed E-state index contributed by atoms with van der Waals surface area (Å²) in [4.78, 5) is 28.7. The molecule has 1 saturated heterocycles. The van der Waals surface area contributed by atoms with E-state index in [1.165, 1.54) is 37.4 Å². The molecule has 2 aromatic carbocycles. The maximum Gasteiger partial charge on any atom is 0.241 e. The van der Waals surface area contributed by atoms with E-state index in [0.29, 0.717) is 17.8 Å². The minimum atomic E-state index is -0.281. The number of ketones is 1. The van der Waals surface area contributed by atoms with Gasteiger partial charge < -0.3 is 10.2 Å². The Hall–Kier alpha value is -2.66. The number of nitrogens with one attached hydrogen (secondary N) is 1. The second-order valence-corrected chi connectivity index (χ2v) is 7.89. The lowest BCUT2D eigenvalue weighted by atomic mass is 10.1. The molecule has 29 heavy (non-hydrogen) atoms. The van der Waals surface area contributed by atoms with Crippen LogP contribution in [0.2, 0.25) is 0 Å². The number of carbonyl (C=O) groups excluding carboxylic acids is 2. The van der Waals surface area contributed by atoms with E-state index < -0.39 is 0 Å². The number of hydrogen-bond acceptors (Lipinski definition) is 4. The molecular weight excluding hydrogens is 362 g/mol. The molecule has 0 radical (unpaired) electrons. The van der Waals surface area contributed by atoms with Gasteiger partial charge in [0.2, 0.25) is 5.91 Å². The Morgan fingerprint density at radius 1 is 1.03 bits per heavy atom. The summed E-state index contributed by atoms with van der Waals surface area (Å²) in [6.07, 6.45) is 3.79. The van der Waals surface area contributed by atoms with Crippen LogP contribution in [0.25, 0.3) is 0 Å². The van der Waals surface area contributed by atoms with Crippen LogP contribution >= 0.6 is 0 Å². The van der Waals surface area contributed by atoms with E-state index in [1.54, 1.807) is 24.3 Å². The van der Waals surface area contributed by atoms with E-state index in [9.17, 15) is 9.59 Å². The van der Waals surface area contributed by atoms with Crippen LogP contribution in [0.15, 0.2) is 48.5 Å². The number of hydrogen-bond donors (Lipinski definition) is 1. The van der Waals surface area contributed by atoms with Crippen molar-refractivity contribution in [3.63, 3.8) is 0 Å². The molecule has 154 valence electrons. The molecule has 0 bridgehead atoms. The maximum atomic E-state index is 12.7. The summed E-state index contributed by atoms with van der Waals surface area (Å²) in [5, 5.41) is 2.95. The second-order valence-electron chi connectivity index (χ2n) is 7.89. The van der Waals surface area contributed by atoms with Gasteiger partial charge in [0.05, 0.1) is 6.04 Å². The van der Waals surface area contributed by atoms with Crippen molar-refractivity contribution in [3.05, 3.63) is 59.7 Å². The smallest absolute Gasteiger partial charge is 0.241 e. The molecule has 0 aromatic heterocycles. The summed E-state index contributed by atoms with van der Waals surface area (Å²) >= 11 is 0. The van der Waals surface area contributed by atoms with Crippen LogP contribution in [-0.2, 0) is 11.3 Å². The summed E-state index contributed by atoms with van der Waals surface area (Å²) in [5.41, 5.74) is 3.88. The van der Waals surface area contributed by atoms with Crippen molar-refractivity contribution in [2.24, 2.45) is 0 Å². The van der Waals surface area contributed by atoms with E-state index in [2.05, 4.69) is 39.4 Å². The third kappa shape index (κ3) is 5.45. The Labute approximate surface area is 173 Å². The lowest BCUT2D eigenvalue weighted by Crippen LogP contribution is -2.39. The van der Waals surface area contributed by atoms with Crippen LogP contribution in [-0.4, -0.2) is 42.8 Å². The van der Waals surface area contributed by atoms with Gasteiger partial charge in [-0.15, -0.1) is 0 Å². The fraction of sp³-hybridized carbons (Fsp3) is 0.417. The van der Waals surface area contributed by atoms with E-state index in [1.807, 2.05) is 14.0 Å². The zero-order chi connectivity index (χ0) is 20.8. The average Bonchev–Trinajstić information content (AvgIpc) is 2.74. The first-order chi connectivity index (χ1) is 14.0. The fourth-order valence-corrected chi connectivity index (χ4v) is 3.73. The highest BCUT2D eigenvalue weighted by atomic mass is 16.2. The quantitative estimate of drug-likeness (QED) is 0.711. The van der Waals surface area contributed by atoms with Gasteiger partial charge in [-0.2, -0.15) is 0 Å². The van der Waals surface area contributed by atoms with E-state index in [0.717, 1.165) is 13.1 Å². The number of benzene rings is 2. The zero-order valence-corrected chi connectivity index (χ0v) is 17.6. The van der Waals surface area contributed by atoms with Crippen molar-refractivity contribution in [3.8, 4) is 0 Å². The molecule has 1 atom stereocenters. The topological polar surface area (TPSA) is 52.7 Å². The molecular formula is C24H31N3O2. The zero-order valence-electron chi connectivity index (χ0n) is 17.6. The van der Waals surface area contributed by atoms with Crippen molar-refractivity contribution < 1.29 is 9.59 Å². The van der Waals surface area contributed by atoms with Crippen molar-refractivity contribution >= 4 is 23.1 Å². The number of amides is 1. The van der Waals surface area contributed by atoms with Gasteiger partial charge in [0.1, 0.15) is 0 Å². The Bertz CT molecular complexity index is 841. The Balaban J connectivity index is 1.63. The molecule has 1 amide bonds. The predicted octanol–water partition coefficient (Wildman–Crippen LogP) is 4.34. The van der Waals surface area contributed by atoms with Crippen molar-refractivity contribution in [2.75, 3.05) is 30.4 Å². The summed E-state index contributed by atoms with van der Waals surface area (Å²) < 4.78 is 0. The lowest BCUT2D eigenvalue weighted by Gasteiger charge is -2.32. The third-order valence-electron chi connectivity index (χ3n) is 5.71. The van der Waals surface area contributed by atoms with Gasteiger partial charge in [0, 0.05) is 36.6 Å². The number of likely N-dealkylation sites (N-methyl/N-ethyl adjacent to an activating group) is 1. The first-order valence-corrected chi connectivity index (χ1v) is 10.4. The number of carbonyl (C=O) groups is 2. The highest BCUT2D eigenvalue weighted by molar-refractivity contribution is 5.96. The van der Waals surface area contributed by atoms with E-state index in [-0.39, 0.29) is 17.7 Å². The summed E-state index contributed by atoms with van der Waals surface area (Å²) in [6.45, 7) is 6.37. The highest BCUT2D eigenvalue weighted by Crippen LogP contribution is 2.25. The van der Waals surface area contributed by atoms with Crippen molar-refractivity contribution in [1.29, 1.82) is 0 Å². The summed E-state index contributed by atoms with van der Waals surface area (Å²) in [5.74, 6) is -0.0399. The molecule has 0 saturated carbocycles. The first-order valence-electron chi connectivity index (χ1n) is 10.4. The second kappa shape index (κ2) is 9.70. The third-order valence-corrected chi connectivity index (χ3v) is 5.71. The van der Waals surface area contributed by atoms with Crippen LogP contribution in [0.1, 0.15) is 49.0 Å². The molecule has 1 N–H and O–H groups in total. The molecule has 5 heteroatoms. The van der Waals surface area contributed by atoms with E-state index >= 15 is 0 Å². The predicted molar refractivity (Wildman–Crippen MR) is 119 cm³/mol. The van der Waals surface area contributed by atoms with Crippen LogP contribution in [0.3, 0.4) is 0 Å². The van der Waals surface area contributed by atoms with Gasteiger partial charge in [0.25, 0.3) is 0 Å². The standard InChI is InChI=1S/C24H31N3O2/c1-18(24(29)25-22-13-11-20(12-14-22)19(2)28)26(3)17-21-9-5-6-10-23(21)27-15-7-4-8-16-27/h5-6,9-14,18H,4,7-8,15-17H2,1-3H3,(H,25,29)/t18-/m0/s1. The molecule has 3 rings (SSSR count). The SMILES string of the molecule is CC(=O)c1ccc(NC(=O)[C@H](C)N(C)Cc2ccccc2N2CCCCC2)cc1. The molecule has 2 aromatic rings. The monoisotopic (exact) mass is 393 g/mol. The van der Waals surface area contributed by atoms with Crippen molar-refractivity contribution in [2.45, 2.75) is 45.7 Å². The average molecular weight is 394 g/mol. The molecule has 1 aliphatic rings. The maximum absolute atomic E-state index is 12.7. The molecule has 0 aliphatic carbocycles. The number of rotatable bonds is 7. The minimum absolute atomic E-state index is 0.0170. The first kappa shape index (κ1) is 21.1. The van der Waals surface area contributed by atoms with Crippen LogP contribution < -0.4 is 10.2 Å². The van der Waals surface area contributed by atoms with Crippen LogP contribution in [0.5, 0.6) is 0 Å². The number of Topliss-reactive ketones (excluding diaryl/α,β-unsaturated/α-hetero) is 1. The van der Waals surface area contributed by atoms with Gasteiger partial charge in [-0.05, 0) is 76.1 Å². The Morgan fingerprint density at radius 3 is 2.34 bits per heavy atom.